The van der Waals surface area contributed by atoms with E-state index in [1.807, 2.05) is 13.8 Å². The molecule has 0 aliphatic heterocycles. The van der Waals surface area contributed by atoms with Gasteiger partial charge in [0.25, 0.3) is 0 Å². The fourth-order valence-electron chi connectivity index (χ4n) is 5.33. The maximum absolute atomic E-state index is 12.0. The zero-order valence-electron chi connectivity index (χ0n) is 15.2. The molecule has 5 atom stereocenters. The van der Waals surface area contributed by atoms with Crippen molar-refractivity contribution in [1.82, 2.24) is 0 Å². The van der Waals surface area contributed by atoms with Crippen molar-refractivity contribution in [2.24, 2.45) is 22.7 Å². The molecule has 0 bridgehead atoms. The van der Waals surface area contributed by atoms with Gasteiger partial charge in [0.2, 0.25) is 0 Å². The highest BCUT2D eigenvalue weighted by molar-refractivity contribution is 5.75. The topological polar surface area (TPSA) is 77.8 Å². The molecule has 24 heavy (non-hydrogen) atoms. The Labute approximate surface area is 145 Å². The lowest BCUT2D eigenvalue weighted by atomic mass is 9.46. The second-order valence-corrected chi connectivity index (χ2v) is 8.27. The van der Waals surface area contributed by atoms with E-state index in [-0.39, 0.29) is 23.9 Å². The van der Waals surface area contributed by atoms with Crippen LogP contribution in [0.25, 0.3) is 0 Å². The minimum absolute atomic E-state index is 0.0779. The van der Waals surface area contributed by atoms with Crippen LogP contribution in [0.5, 0.6) is 0 Å². The highest BCUT2D eigenvalue weighted by Gasteiger charge is 2.57. The van der Waals surface area contributed by atoms with Gasteiger partial charge in [-0.3, -0.25) is 4.79 Å². The van der Waals surface area contributed by atoms with Gasteiger partial charge in [-0.25, -0.2) is 0 Å². The van der Waals surface area contributed by atoms with Crippen LogP contribution in [-0.2, 0) is 4.79 Å². The first-order valence-electron chi connectivity index (χ1n) is 9.03. The zero-order valence-corrected chi connectivity index (χ0v) is 15.2. The van der Waals surface area contributed by atoms with E-state index in [9.17, 15) is 15.0 Å². The van der Waals surface area contributed by atoms with Crippen molar-refractivity contribution in [1.29, 1.82) is 0 Å². The standard InChI is InChI=1S/C20H32O4/c1-13-6-7-17-19(3,9-5-10-20(17,4)18(23)24)15(13)12-16(22)14(2)8-11-21/h8,15-17,21-22H,1,5-7,9-12H2,2-4H3,(H,23,24)/b14-8+/t15-,16-,17-,19+,20-/m0/s1. The van der Waals surface area contributed by atoms with Crippen molar-refractivity contribution in [3.63, 3.8) is 0 Å². The van der Waals surface area contributed by atoms with Crippen LogP contribution in [0.4, 0.5) is 0 Å². The molecule has 0 aromatic rings. The maximum atomic E-state index is 12.0. The fourth-order valence-corrected chi connectivity index (χ4v) is 5.33. The summed E-state index contributed by atoms with van der Waals surface area (Å²) in [6.07, 6.45) is 5.91. The van der Waals surface area contributed by atoms with Crippen LogP contribution in [0.1, 0.15) is 59.3 Å². The minimum atomic E-state index is -0.693. The van der Waals surface area contributed by atoms with Crippen molar-refractivity contribution in [2.75, 3.05) is 6.61 Å². The van der Waals surface area contributed by atoms with Crippen molar-refractivity contribution in [3.05, 3.63) is 23.8 Å². The van der Waals surface area contributed by atoms with E-state index < -0.39 is 17.5 Å². The number of hydrogen-bond donors (Lipinski definition) is 3. The third kappa shape index (κ3) is 3.18. The van der Waals surface area contributed by atoms with E-state index >= 15 is 0 Å². The van der Waals surface area contributed by atoms with Gasteiger partial charge < -0.3 is 15.3 Å². The summed E-state index contributed by atoms with van der Waals surface area (Å²) in [5.74, 6) is -0.463. The molecule has 0 heterocycles. The minimum Gasteiger partial charge on any atom is -0.481 e. The molecule has 2 aliphatic rings. The van der Waals surface area contributed by atoms with E-state index in [0.29, 0.717) is 6.42 Å². The van der Waals surface area contributed by atoms with Gasteiger partial charge in [-0.1, -0.05) is 31.6 Å². The Balaban J connectivity index is 2.32. The number of hydrogen-bond acceptors (Lipinski definition) is 3. The Bertz CT molecular complexity index is 538. The average Bonchev–Trinajstić information content (AvgIpc) is 2.50. The summed E-state index contributed by atoms with van der Waals surface area (Å²) in [5.41, 5.74) is 1.08. The number of fused-ring (bicyclic) bond motifs is 1. The number of carbonyl (C=O) groups is 1. The summed E-state index contributed by atoms with van der Waals surface area (Å²) in [5, 5.41) is 29.4. The van der Waals surface area contributed by atoms with E-state index in [1.54, 1.807) is 6.08 Å². The summed E-state index contributed by atoms with van der Waals surface area (Å²) in [6.45, 7) is 10.1. The largest absolute Gasteiger partial charge is 0.481 e. The van der Waals surface area contributed by atoms with Crippen molar-refractivity contribution in [3.8, 4) is 0 Å². The molecule has 0 saturated heterocycles. The lowest BCUT2D eigenvalue weighted by Gasteiger charge is -2.57. The first-order chi connectivity index (χ1) is 11.2. The molecule has 136 valence electrons. The van der Waals surface area contributed by atoms with Gasteiger partial charge in [0.1, 0.15) is 0 Å². The average molecular weight is 336 g/mol. The molecule has 2 aliphatic carbocycles. The molecule has 0 aromatic carbocycles. The Kier molecular flexibility index (Phi) is 5.61. The quantitative estimate of drug-likeness (QED) is 0.671. The molecular weight excluding hydrogens is 304 g/mol. The van der Waals surface area contributed by atoms with Gasteiger partial charge in [0, 0.05) is 0 Å². The van der Waals surface area contributed by atoms with Crippen LogP contribution in [0.3, 0.4) is 0 Å². The van der Waals surface area contributed by atoms with Crippen molar-refractivity contribution < 1.29 is 20.1 Å². The Morgan fingerprint density at radius 3 is 2.67 bits per heavy atom. The smallest absolute Gasteiger partial charge is 0.309 e. The molecule has 0 spiro atoms. The van der Waals surface area contributed by atoms with Gasteiger partial charge in [0.15, 0.2) is 0 Å². The SMILES string of the molecule is C=C1CC[C@H]2[C@](C)(CCC[C@]2(C)C(=O)O)[C@H]1C[C@H](O)/C(C)=C/CO. The lowest BCUT2D eigenvalue weighted by Crippen LogP contribution is -2.53. The molecular formula is C20H32O4. The second-order valence-electron chi connectivity index (χ2n) is 8.27. The number of aliphatic hydroxyl groups excluding tert-OH is 2. The number of carboxylic acids is 1. The molecule has 0 unspecified atom stereocenters. The molecule has 2 fully saturated rings. The summed E-state index contributed by atoms with van der Waals surface area (Å²) in [4.78, 5) is 12.0. The predicted octanol–water partition coefficient (Wildman–Crippen LogP) is 3.54. The molecule has 0 aromatic heterocycles. The van der Waals surface area contributed by atoms with Crippen LogP contribution < -0.4 is 0 Å². The highest BCUT2D eigenvalue weighted by atomic mass is 16.4. The van der Waals surface area contributed by atoms with Gasteiger partial charge in [0.05, 0.1) is 18.1 Å². The number of aliphatic hydroxyl groups is 2. The molecule has 0 radical (unpaired) electrons. The summed E-state index contributed by atoms with van der Waals surface area (Å²) < 4.78 is 0. The molecule has 2 rings (SSSR count). The summed E-state index contributed by atoms with van der Waals surface area (Å²) in [6, 6.07) is 0. The first-order valence-corrected chi connectivity index (χ1v) is 9.03. The predicted molar refractivity (Wildman–Crippen MR) is 94.5 cm³/mol. The monoisotopic (exact) mass is 336 g/mol. The third-order valence-corrected chi connectivity index (χ3v) is 6.91. The Hall–Kier alpha value is -1.13. The number of rotatable bonds is 5. The third-order valence-electron chi connectivity index (χ3n) is 6.91. The molecule has 3 N–H and O–H groups in total. The Morgan fingerprint density at radius 2 is 2.08 bits per heavy atom. The molecule has 4 nitrogen and oxygen atoms in total. The fraction of sp³-hybridized carbons (Fsp3) is 0.750. The van der Waals surface area contributed by atoms with Gasteiger partial charge in [-0.15, -0.1) is 0 Å². The molecule has 2 saturated carbocycles. The zero-order chi connectivity index (χ0) is 18.1. The normalized spacial score (nSPS) is 38.5. The summed E-state index contributed by atoms with van der Waals surface area (Å²) in [7, 11) is 0. The second kappa shape index (κ2) is 7.01. The Morgan fingerprint density at radius 1 is 1.42 bits per heavy atom. The first kappa shape index (κ1) is 19.2. The van der Waals surface area contributed by atoms with E-state index in [1.165, 1.54) is 0 Å². The van der Waals surface area contributed by atoms with Gasteiger partial charge >= 0.3 is 5.97 Å². The molecule has 4 heteroatoms. The lowest BCUT2D eigenvalue weighted by molar-refractivity contribution is -0.164. The van der Waals surface area contributed by atoms with Crippen LogP contribution in [0.2, 0.25) is 0 Å². The number of carboxylic acid groups (broad SMARTS) is 1. The van der Waals surface area contributed by atoms with Gasteiger partial charge in [-0.05, 0) is 68.8 Å². The number of allylic oxidation sites excluding steroid dienone is 1. The van der Waals surface area contributed by atoms with E-state index in [2.05, 4.69) is 13.5 Å². The van der Waals surface area contributed by atoms with Crippen molar-refractivity contribution >= 4 is 5.97 Å². The van der Waals surface area contributed by atoms with Crippen LogP contribution >= 0.6 is 0 Å². The summed E-state index contributed by atoms with van der Waals surface area (Å²) >= 11 is 0. The van der Waals surface area contributed by atoms with Crippen LogP contribution in [0, 0.1) is 22.7 Å². The van der Waals surface area contributed by atoms with Gasteiger partial charge in [-0.2, -0.15) is 0 Å². The van der Waals surface area contributed by atoms with E-state index in [4.69, 9.17) is 5.11 Å². The van der Waals surface area contributed by atoms with Crippen molar-refractivity contribution in [2.45, 2.75) is 65.4 Å². The highest BCUT2D eigenvalue weighted by Crippen LogP contribution is 2.62. The maximum Gasteiger partial charge on any atom is 0.309 e. The number of aliphatic carboxylic acids is 1. The van der Waals surface area contributed by atoms with Crippen LogP contribution in [0.15, 0.2) is 23.8 Å². The molecule has 0 amide bonds. The van der Waals surface area contributed by atoms with E-state index in [0.717, 1.165) is 43.3 Å². The van der Waals surface area contributed by atoms with Crippen LogP contribution in [-0.4, -0.2) is 34.0 Å².